The Kier molecular flexibility index (Phi) is 6.42. The van der Waals surface area contributed by atoms with Crippen molar-refractivity contribution in [3.05, 3.63) is 0 Å². The minimum absolute atomic E-state index is 0.219. The van der Waals surface area contributed by atoms with Crippen molar-refractivity contribution in [1.82, 2.24) is 0 Å². The summed E-state index contributed by atoms with van der Waals surface area (Å²) in [6, 6.07) is 0. The molecule has 0 N–H and O–H groups in total. The minimum Gasteiger partial charge on any atom is -0.135 e. The third-order valence-corrected chi connectivity index (χ3v) is 16.7. The molecule has 0 aliphatic carbocycles. The summed E-state index contributed by atoms with van der Waals surface area (Å²) >= 11 is 4.31. The maximum atomic E-state index is 3.75. The van der Waals surface area contributed by atoms with E-state index in [4.69, 9.17) is 0 Å². The monoisotopic (exact) mass is 314 g/mol. The van der Waals surface area contributed by atoms with Crippen molar-refractivity contribution < 1.29 is 0 Å². The van der Waals surface area contributed by atoms with Gasteiger partial charge in [-0.15, -0.1) is 29.4 Å². The van der Waals surface area contributed by atoms with Crippen LogP contribution in [0.25, 0.3) is 0 Å². The van der Waals surface area contributed by atoms with Gasteiger partial charge in [0.15, 0.2) is 0 Å². The molecule has 0 radical (unpaired) electrons. The first-order valence-electron chi connectivity index (χ1n) is 7.55. The van der Waals surface area contributed by atoms with Gasteiger partial charge in [0.05, 0.1) is 8.07 Å². The van der Waals surface area contributed by atoms with Crippen LogP contribution in [0.1, 0.15) is 53.4 Å². The number of hydrogen-bond acceptors (Lipinski definition) is 2. The van der Waals surface area contributed by atoms with Gasteiger partial charge in [0.2, 0.25) is 0 Å². The highest BCUT2D eigenvalue weighted by Crippen LogP contribution is 2.55. The summed E-state index contributed by atoms with van der Waals surface area (Å²) in [7, 11) is -1.46. The van der Waals surface area contributed by atoms with Gasteiger partial charge in [0, 0.05) is 6.42 Å². The Morgan fingerprint density at radius 1 is 1.16 bits per heavy atom. The summed E-state index contributed by atoms with van der Waals surface area (Å²) in [4.78, 5) is 0. The fourth-order valence-electron chi connectivity index (χ4n) is 2.06. The first-order chi connectivity index (χ1) is 8.77. The fourth-order valence-corrected chi connectivity index (χ4v) is 11.2. The lowest BCUT2D eigenvalue weighted by molar-refractivity contribution is 0.714. The number of thioether (sulfide) groups is 2. The highest BCUT2D eigenvalue weighted by Gasteiger charge is 2.54. The molecule has 0 unspecified atom stereocenters. The highest BCUT2D eigenvalue weighted by molar-refractivity contribution is 8.21. The molecule has 0 bridgehead atoms. The molecular formula is C16H30S2Si. The Morgan fingerprint density at radius 2 is 1.74 bits per heavy atom. The van der Waals surface area contributed by atoms with E-state index in [9.17, 15) is 0 Å². The van der Waals surface area contributed by atoms with Crippen molar-refractivity contribution in [3.8, 4) is 11.8 Å². The van der Waals surface area contributed by atoms with Crippen LogP contribution in [0, 0.1) is 11.8 Å². The number of rotatable bonds is 3. The second kappa shape index (κ2) is 6.96. The molecule has 0 aromatic heterocycles. The van der Waals surface area contributed by atoms with Crippen LogP contribution in [0.2, 0.25) is 18.1 Å². The van der Waals surface area contributed by atoms with Crippen molar-refractivity contribution in [1.29, 1.82) is 0 Å². The SMILES string of the molecule is CCCCC#CC1([Si](C)(C)C(C)(C)C)SCCCS1. The van der Waals surface area contributed by atoms with Crippen LogP contribution in [0.5, 0.6) is 0 Å². The van der Waals surface area contributed by atoms with Gasteiger partial charge >= 0.3 is 0 Å². The van der Waals surface area contributed by atoms with E-state index < -0.39 is 8.07 Å². The summed E-state index contributed by atoms with van der Waals surface area (Å²) in [6.07, 6.45) is 4.92. The Bertz CT molecular complexity index is 338. The van der Waals surface area contributed by atoms with Gasteiger partial charge in [-0.1, -0.05) is 53.1 Å². The topological polar surface area (TPSA) is 0 Å². The van der Waals surface area contributed by atoms with Crippen molar-refractivity contribution in [3.63, 3.8) is 0 Å². The van der Waals surface area contributed by atoms with Gasteiger partial charge in [-0.3, -0.25) is 0 Å². The molecule has 1 heterocycles. The molecule has 0 saturated carbocycles. The molecule has 0 aromatic carbocycles. The molecule has 19 heavy (non-hydrogen) atoms. The first kappa shape index (κ1) is 17.5. The number of hydrogen-bond donors (Lipinski definition) is 0. The van der Waals surface area contributed by atoms with Gasteiger partial charge < -0.3 is 0 Å². The predicted octanol–water partition coefficient (Wildman–Crippen LogP) is 5.79. The van der Waals surface area contributed by atoms with E-state index in [1.54, 1.807) is 0 Å². The van der Waals surface area contributed by atoms with E-state index in [1.807, 2.05) is 0 Å². The average Bonchev–Trinajstić information content (AvgIpc) is 2.34. The standard InChI is InChI=1S/C16H30S2Si/c1-7-8-9-10-12-16(17-13-11-14-18-16)19(5,6)15(2,3)4/h7-9,11,13-14H2,1-6H3. The first-order valence-corrected chi connectivity index (χ1v) is 12.5. The summed E-state index contributed by atoms with van der Waals surface area (Å²) in [6.45, 7) is 14.6. The lowest BCUT2D eigenvalue weighted by Crippen LogP contribution is -2.56. The third-order valence-electron chi connectivity index (χ3n) is 4.51. The molecule has 0 amide bonds. The molecule has 1 rings (SSSR count). The Morgan fingerprint density at radius 3 is 2.21 bits per heavy atom. The summed E-state index contributed by atoms with van der Waals surface area (Å²) in [5, 5.41) is 0.407. The van der Waals surface area contributed by atoms with E-state index in [0.29, 0.717) is 5.04 Å². The average molecular weight is 315 g/mol. The summed E-state index contributed by atoms with van der Waals surface area (Å²) < 4.78 is 0.219. The Balaban J connectivity index is 3.01. The lowest BCUT2D eigenvalue weighted by atomic mass is 10.2. The molecule has 1 saturated heterocycles. The Hall–Kier alpha value is 0.477. The van der Waals surface area contributed by atoms with E-state index in [-0.39, 0.29) is 3.70 Å². The van der Waals surface area contributed by atoms with Crippen LogP contribution in [0.3, 0.4) is 0 Å². The van der Waals surface area contributed by atoms with Gasteiger partial charge in [0.1, 0.15) is 3.70 Å². The van der Waals surface area contributed by atoms with Crippen LogP contribution in [-0.4, -0.2) is 23.3 Å². The normalized spacial score (nSPS) is 19.7. The second-order valence-corrected chi connectivity index (χ2v) is 16.0. The van der Waals surface area contributed by atoms with E-state index >= 15 is 0 Å². The largest absolute Gasteiger partial charge is 0.135 e. The van der Waals surface area contributed by atoms with Crippen LogP contribution in [0.15, 0.2) is 0 Å². The zero-order valence-electron chi connectivity index (χ0n) is 13.6. The molecule has 0 nitrogen and oxygen atoms in total. The van der Waals surface area contributed by atoms with Gasteiger partial charge in [0.25, 0.3) is 0 Å². The maximum absolute atomic E-state index is 3.75. The molecule has 0 atom stereocenters. The second-order valence-electron chi connectivity index (χ2n) is 6.95. The Labute approximate surface area is 130 Å². The smallest absolute Gasteiger partial charge is 0.110 e. The molecule has 0 aromatic rings. The van der Waals surface area contributed by atoms with Crippen LogP contribution < -0.4 is 0 Å². The van der Waals surface area contributed by atoms with Crippen LogP contribution in [0.4, 0.5) is 0 Å². The van der Waals surface area contributed by atoms with Crippen molar-refractivity contribution in [2.24, 2.45) is 0 Å². The van der Waals surface area contributed by atoms with E-state index in [1.165, 1.54) is 30.8 Å². The van der Waals surface area contributed by atoms with Gasteiger partial charge in [-0.05, 0) is 29.4 Å². The summed E-state index contributed by atoms with van der Waals surface area (Å²) in [5.74, 6) is 9.86. The molecule has 0 spiro atoms. The summed E-state index contributed by atoms with van der Waals surface area (Å²) in [5.41, 5.74) is 0. The predicted molar refractivity (Wildman–Crippen MR) is 96.8 cm³/mol. The molecule has 1 fully saturated rings. The van der Waals surface area contributed by atoms with E-state index in [2.05, 4.69) is 76.2 Å². The zero-order chi connectivity index (χ0) is 14.6. The van der Waals surface area contributed by atoms with Crippen molar-refractivity contribution in [2.75, 3.05) is 11.5 Å². The van der Waals surface area contributed by atoms with Gasteiger partial charge in [-0.25, -0.2) is 0 Å². The molecular weight excluding hydrogens is 284 g/mol. The van der Waals surface area contributed by atoms with Crippen LogP contribution in [-0.2, 0) is 0 Å². The van der Waals surface area contributed by atoms with Gasteiger partial charge in [-0.2, -0.15) is 0 Å². The molecule has 1 aliphatic rings. The number of unbranched alkanes of at least 4 members (excludes halogenated alkanes) is 2. The van der Waals surface area contributed by atoms with Crippen molar-refractivity contribution in [2.45, 2.75) is 75.2 Å². The fraction of sp³-hybridized carbons (Fsp3) is 0.875. The van der Waals surface area contributed by atoms with E-state index in [0.717, 1.165) is 6.42 Å². The zero-order valence-corrected chi connectivity index (χ0v) is 16.2. The van der Waals surface area contributed by atoms with Crippen LogP contribution >= 0.6 is 23.5 Å². The quantitative estimate of drug-likeness (QED) is 0.367. The molecule has 1 aliphatic heterocycles. The maximum Gasteiger partial charge on any atom is 0.110 e. The highest BCUT2D eigenvalue weighted by atomic mass is 32.2. The minimum atomic E-state index is -1.46. The molecule has 110 valence electrons. The molecule has 3 heteroatoms. The third kappa shape index (κ3) is 3.99. The van der Waals surface area contributed by atoms with Crippen molar-refractivity contribution >= 4 is 31.6 Å². The lowest BCUT2D eigenvalue weighted by Gasteiger charge is -2.50.